The molecule has 100 valence electrons. The van der Waals surface area contributed by atoms with E-state index in [9.17, 15) is 18.1 Å². The molecule has 1 atom stereocenters. The summed E-state index contributed by atoms with van der Waals surface area (Å²) < 4.78 is 37.6. The Balaban J connectivity index is 2.82. The van der Waals surface area contributed by atoms with E-state index in [4.69, 9.17) is 0 Å². The van der Waals surface area contributed by atoms with Crippen molar-refractivity contribution in [3.63, 3.8) is 0 Å². The van der Waals surface area contributed by atoms with Gasteiger partial charge in [0, 0.05) is 6.54 Å². The standard InChI is InChI=1S/C12H15F3N2O/c1-3-17(16-18)9(2)7-10-5-4-6-11(8-10)12(13,14)15/h4-6,8-9H,3,7H2,1-2H3. The van der Waals surface area contributed by atoms with Crippen LogP contribution in [0.4, 0.5) is 13.2 Å². The molecule has 1 aromatic carbocycles. The first kappa shape index (κ1) is 14.5. The molecule has 0 saturated heterocycles. The number of hydrogen-bond acceptors (Lipinski definition) is 2. The molecule has 0 aliphatic carbocycles. The number of benzene rings is 1. The van der Waals surface area contributed by atoms with Crippen molar-refractivity contribution in [2.75, 3.05) is 6.54 Å². The Morgan fingerprint density at radius 2 is 2.06 bits per heavy atom. The Bertz CT molecular complexity index is 407. The normalized spacial score (nSPS) is 13.2. The van der Waals surface area contributed by atoms with Crippen LogP contribution in [0, 0.1) is 4.91 Å². The van der Waals surface area contributed by atoms with Gasteiger partial charge in [-0.1, -0.05) is 18.2 Å². The molecular formula is C12H15F3N2O. The summed E-state index contributed by atoms with van der Waals surface area (Å²) in [6.07, 6.45) is -3.99. The quantitative estimate of drug-likeness (QED) is 0.598. The van der Waals surface area contributed by atoms with Crippen LogP contribution in [-0.2, 0) is 12.6 Å². The lowest BCUT2D eigenvalue weighted by atomic mass is 10.0. The largest absolute Gasteiger partial charge is 0.416 e. The maximum Gasteiger partial charge on any atom is 0.416 e. The van der Waals surface area contributed by atoms with Gasteiger partial charge in [-0.25, -0.2) is 0 Å². The molecule has 0 spiro atoms. The Morgan fingerprint density at radius 1 is 1.39 bits per heavy atom. The van der Waals surface area contributed by atoms with E-state index in [0.717, 1.165) is 12.1 Å². The minimum atomic E-state index is -4.34. The van der Waals surface area contributed by atoms with Gasteiger partial charge in [0.25, 0.3) is 0 Å². The van der Waals surface area contributed by atoms with E-state index in [1.54, 1.807) is 19.9 Å². The molecule has 0 aliphatic rings. The van der Waals surface area contributed by atoms with Crippen molar-refractivity contribution in [1.82, 2.24) is 5.01 Å². The fourth-order valence-electron chi connectivity index (χ4n) is 1.77. The Morgan fingerprint density at radius 3 is 2.56 bits per heavy atom. The van der Waals surface area contributed by atoms with Crippen LogP contribution in [0.5, 0.6) is 0 Å². The molecule has 0 fully saturated rings. The van der Waals surface area contributed by atoms with Gasteiger partial charge in [-0.3, -0.25) is 5.01 Å². The lowest BCUT2D eigenvalue weighted by molar-refractivity contribution is -0.137. The van der Waals surface area contributed by atoms with Crippen LogP contribution < -0.4 is 0 Å². The van der Waals surface area contributed by atoms with Crippen molar-refractivity contribution in [3.8, 4) is 0 Å². The van der Waals surface area contributed by atoms with Gasteiger partial charge < -0.3 is 0 Å². The van der Waals surface area contributed by atoms with Crippen LogP contribution in [0.1, 0.15) is 25.0 Å². The zero-order chi connectivity index (χ0) is 13.8. The molecule has 3 nitrogen and oxygen atoms in total. The number of rotatable bonds is 5. The Kier molecular flexibility index (Phi) is 4.69. The molecule has 18 heavy (non-hydrogen) atoms. The molecule has 0 amide bonds. The van der Waals surface area contributed by atoms with Crippen LogP contribution in [0.3, 0.4) is 0 Å². The summed E-state index contributed by atoms with van der Waals surface area (Å²) in [6, 6.07) is 4.90. The molecule has 6 heteroatoms. The molecule has 1 rings (SSSR count). The SMILES string of the molecule is CCN(N=O)C(C)Cc1cccc(C(F)(F)F)c1. The molecule has 0 N–H and O–H groups in total. The summed E-state index contributed by atoms with van der Waals surface area (Å²) >= 11 is 0. The van der Waals surface area contributed by atoms with E-state index < -0.39 is 11.7 Å². The highest BCUT2D eigenvalue weighted by Gasteiger charge is 2.30. The Labute approximate surface area is 104 Å². The maximum atomic E-state index is 12.5. The number of nitroso groups, excluding NO2 is 1. The lowest BCUT2D eigenvalue weighted by Crippen LogP contribution is -2.29. The van der Waals surface area contributed by atoms with E-state index in [1.807, 2.05) is 0 Å². The van der Waals surface area contributed by atoms with Crippen LogP contribution in [0.15, 0.2) is 29.6 Å². The first-order chi connectivity index (χ1) is 8.38. The molecule has 0 bridgehead atoms. The topological polar surface area (TPSA) is 32.7 Å². The van der Waals surface area contributed by atoms with Gasteiger partial charge in [0.2, 0.25) is 0 Å². The first-order valence-electron chi connectivity index (χ1n) is 5.64. The van der Waals surface area contributed by atoms with Crippen molar-refractivity contribution in [1.29, 1.82) is 0 Å². The average Bonchev–Trinajstić information content (AvgIpc) is 2.29. The van der Waals surface area contributed by atoms with Crippen molar-refractivity contribution in [2.24, 2.45) is 5.29 Å². The van der Waals surface area contributed by atoms with E-state index >= 15 is 0 Å². The minimum Gasteiger partial charge on any atom is -0.258 e. The molecule has 0 heterocycles. The third-order valence-electron chi connectivity index (χ3n) is 2.72. The van der Waals surface area contributed by atoms with E-state index in [-0.39, 0.29) is 6.04 Å². The monoisotopic (exact) mass is 260 g/mol. The van der Waals surface area contributed by atoms with Crippen LogP contribution >= 0.6 is 0 Å². The fraction of sp³-hybridized carbons (Fsp3) is 0.500. The number of alkyl halides is 3. The van der Waals surface area contributed by atoms with Gasteiger partial charge in [0.15, 0.2) is 0 Å². The van der Waals surface area contributed by atoms with Crippen LogP contribution in [-0.4, -0.2) is 17.6 Å². The van der Waals surface area contributed by atoms with Gasteiger partial charge in [0.1, 0.15) is 0 Å². The van der Waals surface area contributed by atoms with E-state index in [2.05, 4.69) is 5.29 Å². The minimum absolute atomic E-state index is 0.226. The zero-order valence-corrected chi connectivity index (χ0v) is 10.2. The molecular weight excluding hydrogens is 245 g/mol. The van der Waals surface area contributed by atoms with E-state index in [1.165, 1.54) is 11.1 Å². The molecule has 0 saturated carbocycles. The smallest absolute Gasteiger partial charge is 0.258 e. The predicted molar refractivity (Wildman–Crippen MR) is 62.8 cm³/mol. The van der Waals surface area contributed by atoms with E-state index in [0.29, 0.717) is 18.5 Å². The second kappa shape index (κ2) is 5.84. The molecule has 1 aromatic rings. The molecule has 0 aliphatic heterocycles. The molecule has 0 radical (unpaired) electrons. The molecule has 1 unspecified atom stereocenters. The van der Waals surface area contributed by atoms with Gasteiger partial charge in [-0.05, 0) is 31.9 Å². The number of likely N-dealkylation sites (N-methyl/N-ethyl adjacent to an activating group) is 1. The highest BCUT2D eigenvalue weighted by Crippen LogP contribution is 2.29. The third-order valence-corrected chi connectivity index (χ3v) is 2.72. The summed E-state index contributed by atoms with van der Waals surface area (Å²) in [6.45, 7) is 3.96. The summed E-state index contributed by atoms with van der Waals surface area (Å²) in [7, 11) is 0. The average molecular weight is 260 g/mol. The van der Waals surface area contributed by atoms with Gasteiger partial charge in [0.05, 0.1) is 16.9 Å². The predicted octanol–water partition coefficient (Wildman–Crippen LogP) is 3.64. The second-order valence-electron chi connectivity index (χ2n) is 4.09. The van der Waals surface area contributed by atoms with Crippen molar-refractivity contribution >= 4 is 0 Å². The highest BCUT2D eigenvalue weighted by atomic mass is 19.4. The first-order valence-corrected chi connectivity index (χ1v) is 5.64. The van der Waals surface area contributed by atoms with Crippen LogP contribution in [0.25, 0.3) is 0 Å². The number of halogens is 3. The lowest BCUT2D eigenvalue weighted by Gasteiger charge is -2.21. The number of nitrogens with zero attached hydrogens (tertiary/aromatic N) is 2. The zero-order valence-electron chi connectivity index (χ0n) is 10.2. The van der Waals surface area contributed by atoms with Gasteiger partial charge >= 0.3 is 6.18 Å². The van der Waals surface area contributed by atoms with Crippen molar-refractivity contribution in [2.45, 2.75) is 32.5 Å². The highest BCUT2D eigenvalue weighted by molar-refractivity contribution is 5.26. The summed E-state index contributed by atoms with van der Waals surface area (Å²) in [5.74, 6) is 0. The number of hydrogen-bond donors (Lipinski definition) is 0. The van der Waals surface area contributed by atoms with Crippen molar-refractivity contribution in [3.05, 3.63) is 40.3 Å². The maximum absolute atomic E-state index is 12.5. The van der Waals surface area contributed by atoms with Crippen molar-refractivity contribution < 1.29 is 13.2 Å². The summed E-state index contributed by atoms with van der Waals surface area (Å²) in [5, 5.41) is 4.14. The Hall–Kier alpha value is -1.59. The molecule has 0 aromatic heterocycles. The summed E-state index contributed by atoms with van der Waals surface area (Å²) in [4.78, 5) is 10.5. The second-order valence-corrected chi connectivity index (χ2v) is 4.09. The van der Waals surface area contributed by atoms with Crippen LogP contribution in [0.2, 0.25) is 0 Å². The summed E-state index contributed by atoms with van der Waals surface area (Å²) in [5.41, 5.74) is -0.131. The van der Waals surface area contributed by atoms with Gasteiger partial charge in [-0.2, -0.15) is 13.2 Å². The van der Waals surface area contributed by atoms with Gasteiger partial charge in [-0.15, -0.1) is 4.91 Å². The fourth-order valence-corrected chi connectivity index (χ4v) is 1.77. The third kappa shape index (κ3) is 3.72.